The lowest BCUT2D eigenvalue weighted by atomic mass is 10.1. The summed E-state index contributed by atoms with van der Waals surface area (Å²) in [5.74, 6) is -0.443. The van der Waals surface area contributed by atoms with Crippen molar-refractivity contribution < 1.29 is 19.2 Å². The highest BCUT2D eigenvalue weighted by atomic mass is 16.6. The number of aryl methyl sites for hydroxylation is 1. The summed E-state index contributed by atoms with van der Waals surface area (Å²) in [5.41, 5.74) is 0.788. The summed E-state index contributed by atoms with van der Waals surface area (Å²) in [6.07, 6.45) is 1.73. The van der Waals surface area contributed by atoms with Crippen molar-refractivity contribution in [3.8, 4) is 5.75 Å². The minimum atomic E-state index is -0.544. The van der Waals surface area contributed by atoms with Gasteiger partial charge < -0.3 is 9.47 Å². The number of nitro benzene ring substituents is 1. The number of hydrogen-bond acceptors (Lipinski definition) is 5. The van der Waals surface area contributed by atoms with Gasteiger partial charge in [-0.05, 0) is 25.0 Å². The smallest absolute Gasteiger partial charge is 0.344 e. The Kier molecular flexibility index (Phi) is 5.78. The molecule has 0 spiro atoms. The quantitative estimate of drug-likeness (QED) is 0.431. The topological polar surface area (TPSA) is 78.7 Å². The van der Waals surface area contributed by atoms with Gasteiger partial charge in [0.1, 0.15) is 0 Å². The minimum Gasteiger partial charge on any atom is -0.475 e. The molecule has 19 heavy (non-hydrogen) atoms. The van der Waals surface area contributed by atoms with Crippen molar-refractivity contribution in [2.24, 2.45) is 0 Å². The van der Waals surface area contributed by atoms with E-state index >= 15 is 0 Å². The Balaban J connectivity index is 2.85. The van der Waals surface area contributed by atoms with Crippen LogP contribution in [0.15, 0.2) is 18.2 Å². The fraction of sp³-hybridized carbons (Fsp3) is 0.462. The van der Waals surface area contributed by atoms with E-state index in [0.29, 0.717) is 0 Å². The second-order valence-electron chi connectivity index (χ2n) is 3.90. The van der Waals surface area contributed by atoms with Crippen LogP contribution < -0.4 is 4.74 Å². The maximum absolute atomic E-state index is 11.2. The largest absolute Gasteiger partial charge is 0.475 e. The van der Waals surface area contributed by atoms with Gasteiger partial charge in [-0.1, -0.05) is 19.4 Å². The number of benzene rings is 1. The van der Waals surface area contributed by atoms with Gasteiger partial charge in [0, 0.05) is 6.07 Å². The molecule has 1 aromatic rings. The first-order chi connectivity index (χ1) is 9.08. The van der Waals surface area contributed by atoms with Gasteiger partial charge in [-0.15, -0.1) is 0 Å². The minimum absolute atomic E-state index is 0.101. The van der Waals surface area contributed by atoms with E-state index in [2.05, 4.69) is 0 Å². The first-order valence-corrected chi connectivity index (χ1v) is 6.14. The molecule has 6 nitrogen and oxygen atoms in total. The van der Waals surface area contributed by atoms with E-state index in [9.17, 15) is 14.9 Å². The molecule has 1 rings (SSSR count). The van der Waals surface area contributed by atoms with Crippen molar-refractivity contribution >= 4 is 11.7 Å². The number of nitrogens with zero attached hydrogens (tertiary/aromatic N) is 1. The van der Waals surface area contributed by atoms with Crippen molar-refractivity contribution in [3.63, 3.8) is 0 Å². The van der Waals surface area contributed by atoms with E-state index in [1.165, 1.54) is 6.07 Å². The second-order valence-corrected chi connectivity index (χ2v) is 3.90. The number of ether oxygens (including phenoxy) is 2. The van der Waals surface area contributed by atoms with Gasteiger partial charge in [-0.2, -0.15) is 0 Å². The molecule has 104 valence electrons. The Hall–Kier alpha value is -2.11. The first-order valence-electron chi connectivity index (χ1n) is 6.14. The second kappa shape index (κ2) is 7.35. The third-order valence-electron chi connectivity index (χ3n) is 2.41. The van der Waals surface area contributed by atoms with Crippen molar-refractivity contribution in [1.82, 2.24) is 0 Å². The normalized spacial score (nSPS) is 10.0. The fourth-order valence-corrected chi connectivity index (χ4v) is 1.61. The van der Waals surface area contributed by atoms with Crippen LogP contribution in [-0.4, -0.2) is 24.1 Å². The third kappa shape index (κ3) is 4.57. The lowest BCUT2D eigenvalue weighted by Crippen LogP contribution is -2.15. The maximum atomic E-state index is 11.2. The molecule has 0 amide bonds. The van der Waals surface area contributed by atoms with Crippen molar-refractivity contribution in [1.29, 1.82) is 0 Å². The molecular formula is C13H17NO5. The summed E-state index contributed by atoms with van der Waals surface area (Å²) in [6, 6.07) is 4.69. The predicted octanol–water partition coefficient (Wildman–Crippen LogP) is 2.49. The molecular weight excluding hydrogens is 250 g/mol. The molecule has 0 saturated heterocycles. The van der Waals surface area contributed by atoms with E-state index in [1.807, 2.05) is 6.92 Å². The Morgan fingerprint density at radius 3 is 2.68 bits per heavy atom. The molecule has 0 saturated carbocycles. The molecule has 0 unspecified atom stereocenters. The van der Waals surface area contributed by atoms with Crippen LogP contribution >= 0.6 is 0 Å². The first kappa shape index (κ1) is 14.9. The molecule has 0 bridgehead atoms. The van der Waals surface area contributed by atoms with Gasteiger partial charge in [0.2, 0.25) is 0 Å². The van der Waals surface area contributed by atoms with Crippen LogP contribution in [-0.2, 0) is 16.0 Å². The van der Waals surface area contributed by atoms with E-state index in [1.54, 1.807) is 19.1 Å². The van der Waals surface area contributed by atoms with Crippen LogP contribution in [0.25, 0.3) is 0 Å². The fourth-order valence-electron chi connectivity index (χ4n) is 1.61. The SMILES string of the molecule is CCCc1ccc([N+](=O)[O-])c(OCC(=O)OCC)c1. The monoisotopic (exact) mass is 267 g/mol. The molecule has 1 aromatic carbocycles. The Morgan fingerprint density at radius 2 is 2.11 bits per heavy atom. The van der Waals surface area contributed by atoms with E-state index in [0.717, 1.165) is 18.4 Å². The van der Waals surface area contributed by atoms with Gasteiger partial charge in [-0.25, -0.2) is 4.79 Å². The van der Waals surface area contributed by atoms with Crippen LogP contribution in [0, 0.1) is 10.1 Å². The summed E-state index contributed by atoms with van der Waals surface area (Å²) in [7, 11) is 0. The molecule has 0 aliphatic carbocycles. The standard InChI is InChI=1S/C13H17NO5/c1-3-5-10-6-7-11(14(16)17)12(8-10)19-9-13(15)18-4-2/h6-8H,3-5,9H2,1-2H3. The zero-order chi connectivity index (χ0) is 14.3. The summed E-state index contributed by atoms with van der Waals surface area (Å²) in [4.78, 5) is 21.5. The third-order valence-corrected chi connectivity index (χ3v) is 2.41. The van der Waals surface area contributed by atoms with Crippen LogP contribution in [0.5, 0.6) is 5.75 Å². The Labute approximate surface area is 111 Å². The Bertz CT molecular complexity index is 458. The van der Waals surface area contributed by atoms with Gasteiger partial charge in [0.25, 0.3) is 0 Å². The zero-order valence-corrected chi connectivity index (χ0v) is 11.0. The van der Waals surface area contributed by atoms with E-state index < -0.39 is 10.9 Å². The highest BCUT2D eigenvalue weighted by molar-refractivity contribution is 5.71. The molecule has 0 radical (unpaired) electrons. The highest BCUT2D eigenvalue weighted by Gasteiger charge is 2.16. The van der Waals surface area contributed by atoms with Gasteiger partial charge in [-0.3, -0.25) is 10.1 Å². The van der Waals surface area contributed by atoms with Gasteiger partial charge in [0.05, 0.1) is 11.5 Å². The lowest BCUT2D eigenvalue weighted by Gasteiger charge is -2.08. The van der Waals surface area contributed by atoms with Crippen molar-refractivity contribution in [2.45, 2.75) is 26.7 Å². The van der Waals surface area contributed by atoms with Gasteiger partial charge in [0.15, 0.2) is 12.4 Å². The van der Waals surface area contributed by atoms with E-state index in [4.69, 9.17) is 9.47 Å². The molecule has 0 fully saturated rings. The van der Waals surface area contributed by atoms with Crippen LogP contribution in [0.1, 0.15) is 25.8 Å². The van der Waals surface area contributed by atoms with Crippen LogP contribution in [0.2, 0.25) is 0 Å². The summed E-state index contributed by atoms with van der Waals surface area (Å²) >= 11 is 0. The predicted molar refractivity (Wildman–Crippen MR) is 69.2 cm³/mol. The number of carbonyl (C=O) groups excluding carboxylic acids is 1. The summed E-state index contributed by atoms with van der Waals surface area (Å²) in [5, 5.41) is 10.9. The van der Waals surface area contributed by atoms with Crippen LogP contribution in [0.3, 0.4) is 0 Å². The van der Waals surface area contributed by atoms with Crippen molar-refractivity contribution in [2.75, 3.05) is 13.2 Å². The van der Waals surface area contributed by atoms with Crippen LogP contribution in [0.4, 0.5) is 5.69 Å². The highest BCUT2D eigenvalue weighted by Crippen LogP contribution is 2.28. The molecule has 0 atom stereocenters. The average Bonchev–Trinajstić information content (AvgIpc) is 2.37. The average molecular weight is 267 g/mol. The molecule has 0 aliphatic heterocycles. The molecule has 0 aliphatic rings. The molecule has 0 aromatic heterocycles. The molecule has 0 N–H and O–H groups in total. The number of esters is 1. The van der Waals surface area contributed by atoms with Crippen molar-refractivity contribution in [3.05, 3.63) is 33.9 Å². The number of rotatable bonds is 7. The van der Waals surface area contributed by atoms with Gasteiger partial charge >= 0.3 is 11.7 Å². The molecule has 0 heterocycles. The van der Waals surface area contributed by atoms with E-state index in [-0.39, 0.29) is 24.7 Å². The molecule has 6 heteroatoms. The lowest BCUT2D eigenvalue weighted by molar-refractivity contribution is -0.385. The maximum Gasteiger partial charge on any atom is 0.344 e. The number of carbonyl (C=O) groups is 1. The summed E-state index contributed by atoms with van der Waals surface area (Å²) < 4.78 is 9.89. The summed E-state index contributed by atoms with van der Waals surface area (Å²) in [6.45, 7) is 3.62. The Morgan fingerprint density at radius 1 is 1.37 bits per heavy atom. The zero-order valence-electron chi connectivity index (χ0n) is 11.0. The number of hydrogen-bond donors (Lipinski definition) is 0. The number of nitro groups is 1.